The van der Waals surface area contributed by atoms with Crippen LogP contribution in [-0.2, 0) is 4.79 Å². The molecule has 2 amide bonds. The van der Waals surface area contributed by atoms with E-state index in [1.54, 1.807) is 13.2 Å². The van der Waals surface area contributed by atoms with Crippen LogP contribution in [0, 0.1) is 0 Å². The number of nitrogens with one attached hydrogen (secondary N) is 2. The van der Waals surface area contributed by atoms with Crippen LogP contribution in [0.5, 0.6) is 5.75 Å². The van der Waals surface area contributed by atoms with Crippen LogP contribution >= 0.6 is 11.3 Å². The van der Waals surface area contributed by atoms with Crippen molar-refractivity contribution in [2.45, 2.75) is 25.8 Å². The van der Waals surface area contributed by atoms with E-state index in [1.165, 1.54) is 11.3 Å². The Bertz CT molecular complexity index is 653. The van der Waals surface area contributed by atoms with E-state index < -0.39 is 0 Å². The first-order valence-electron chi connectivity index (χ1n) is 7.89. The molecular formula is C18H22N2O3S. The van der Waals surface area contributed by atoms with Crippen molar-refractivity contribution in [2.75, 3.05) is 13.7 Å². The average molecular weight is 346 g/mol. The monoisotopic (exact) mass is 346 g/mol. The van der Waals surface area contributed by atoms with Crippen LogP contribution in [0.25, 0.3) is 0 Å². The summed E-state index contributed by atoms with van der Waals surface area (Å²) >= 11 is 1.38. The van der Waals surface area contributed by atoms with Gasteiger partial charge in [0.15, 0.2) is 0 Å². The van der Waals surface area contributed by atoms with Crippen LogP contribution in [0.2, 0.25) is 0 Å². The molecule has 24 heavy (non-hydrogen) atoms. The van der Waals surface area contributed by atoms with Crippen molar-refractivity contribution in [3.8, 4) is 5.75 Å². The molecule has 0 bridgehead atoms. The van der Waals surface area contributed by atoms with Crippen LogP contribution in [0.15, 0.2) is 41.8 Å². The van der Waals surface area contributed by atoms with E-state index in [0.717, 1.165) is 17.7 Å². The minimum Gasteiger partial charge on any atom is -0.497 e. The summed E-state index contributed by atoms with van der Waals surface area (Å²) in [6.07, 6.45) is 1.05. The molecule has 1 atom stereocenters. The number of ether oxygens (including phenoxy) is 1. The molecular weight excluding hydrogens is 324 g/mol. The first-order chi connectivity index (χ1) is 11.6. The van der Waals surface area contributed by atoms with Crippen LogP contribution in [-0.4, -0.2) is 25.5 Å². The molecule has 2 aromatic rings. The zero-order valence-corrected chi connectivity index (χ0v) is 14.7. The molecule has 0 unspecified atom stereocenters. The molecule has 0 spiro atoms. The standard InChI is InChI=1S/C18H22N2O3S/c1-3-15(13-6-8-14(23-2)9-7-13)20-17(21)10-11-19-18(22)16-5-4-12-24-16/h4-9,12,15H,3,10-11H2,1-2H3,(H,19,22)(H,20,21)/t15-/m1/s1. The van der Waals surface area contributed by atoms with Gasteiger partial charge in [-0.1, -0.05) is 25.1 Å². The maximum absolute atomic E-state index is 12.1. The largest absolute Gasteiger partial charge is 0.497 e. The maximum Gasteiger partial charge on any atom is 0.261 e. The summed E-state index contributed by atoms with van der Waals surface area (Å²) in [4.78, 5) is 24.5. The lowest BCUT2D eigenvalue weighted by atomic mass is 10.0. The smallest absolute Gasteiger partial charge is 0.261 e. The van der Waals surface area contributed by atoms with E-state index in [-0.39, 0.29) is 24.3 Å². The van der Waals surface area contributed by atoms with Crippen molar-refractivity contribution < 1.29 is 14.3 Å². The van der Waals surface area contributed by atoms with Crippen molar-refractivity contribution in [3.63, 3.8) is 0 Å². The molecule has 1 heterocycles. The molecule has 5 nitrogen and oxygen atoms in total. The molecule has 0 saturated carbocycles. The van der Waals surface area contributed by atoms with Crippen molar-refractivity contribution in [1.29, 1.82) is 0 Å². The lowest BCUT2D eigenvalue weighted by Gasteiger charge is -2.18. The molecule has 1 aromatic carbocycles. The number of carbonyl (C=O) groups excluding carboxylic acids is 2. The van der Waals surface area contributed by atoms with Crippen LogP contribution in [0.1, 0.15) is 41.0 Å². The van der Waals surface area contributed by atoms with Gasteiger partial charge in [-0.15, -0.1) is 11.3 Å². The molecule has 0 fully saturated rings. The number of hydrogen-bond donors (Lipinski definition) is 2. The highest BCUT2D eigenvalue weighted by atomic mass is 32.1. The van der Waals surface area contributed by atoms with E-state index >= 15 is 0 Å². The van der Waals surface area contributed by atoms with E-state index in [1.807, 2.05) is 42.6 Å². The number of carbonyl (C=O) groups is 2. The van der Waals surface area contributed by atoms with Gasteiger partial charge in [0, 0.05) is 13.0 Å². The van der Waals surface area contributed by atoms with Gasteiger partial charge in [0.25, 0.3) is 5.91 Å². The van der Waals surface area contributed by atoms with Gasteiger partial charge in [0.05, 0.1) is 18.0 Å². The maximum atomic E-state index is 12.1. The molecule has 1 aromatic heterocycles. The van der Waals surface area contributed by atoms with Crippen molar-refractivity contribution >= 4 is 23.2 Å². The van der Waals surface area contributed by atoms with Gasteiger partial charge in [-0.05, 0) is 35.6 Å². The van der Waals surface area contributed by atoms with Gasteiger partial charge >= 0.3 is 0 Å². The second-order valence-corrected chi connectivity index (χ2v) is 6.23. The average Bonchev–Trinajstić information content (AvgIpc) is 3.14. The summed E-state index contributed by atoms with van der Waals surface area (Å²) < 4.78 is 5.14. The minimum absolute atomic E-state index is 0.0450. The molecule has 0 aliphatic carbocycles. The fourth-order valence-electron chi connectivity index (χ4n) is 2.31. The lowest BCUT2D eigenvalue weighted by Crippen LogP contribution is -2.32. The third-order valence-electron chi connectivity index (χ3n) is 3.64. The Morgan fingerprint density at radius 1 is 1.21 bits per heavy atom. The number of benzene rings is 1. The molecule has 6 heteroatoms. The van der Waals surface area contributed by atoms with Gasteiger partial charge in [0.2, 0.25) is 5.91 Å². The van der Waals surface area contributed by atoms with E-state index in [2.05, 4.69) is 10.6 Å². The Morgan fingerprint density at radius 3 is 2.54 bits per heavy atom. The van der Waals surface area contributed by atoms with E-state index in [0.29, 0.717) is 11.4 Å². The summed E-state index contributed by atoms with van der Waals surface area (Å²) in [5, 5.41) is 7.61. The molecule has 2 N–H and O–H groups in total. The Morgan fingerprint density at radius 2 is 1.96 bits per heavy atom. The van der Waals surface area contributed by atoms with E-state index in [9.17, 15) is 9.59 Å². The first-order valence-corrected chi connectivity index (χ1v) is 8.77. The summed E-state index contributed by atoms with van der Waals surface area (Å²) in [5.41, 5.74) is 1.04. The first kappa shape index (κ1) is 18.0. The van der Waals surface area contributed by atoms with Crippen LogP contribution in [0.4, 0.5) is 0 Å². The molecule has 0 radical (unpaired) electrons. The predicted octanol–water partition coefficient (Wildman–Crippen LogP) is 3.14. The summed E-state index contributed by atoms with van der Waals surface area (Å²) in [5.74, 6) is 0.570. The van der Waals surface area contributed by atoms with Crippen LogP contribution < -0.4 is 15.4 Å². The van der Waals surface area contributed by atoms with Gasteiger partial charge in [-0.25, -0.2) is 0 Å². The highest BCUT2D eigenvalue weighted by Gasteiger charge is 2.13. The highest BCUT2D eigenvalue weighted by Crippen LogP contribution is 2.20. The predicted molar refractivity (Wildman–Crippen MR) is 95.4 cm³/mol. The fraction of sp³-hybridized carbons (Fsp3) is 0.333. The van der Waals surface area contributed by atoms with Gasteiger partial charge in [-0.3, -0.25) is 9.59 Å². The van der Waals surface area contributed by atoms with Gasteiger partial charge < -0.3 is 15.4 Å². The highest BCUT2D eigenvalue weighted by molar-refractivity contribution is 7.12. The normalized spacial score (nSPS) is 11.6. The molecule has 0 aliphatic rings. The molecule has 2 rings (SSSR count). The number of hydrogen-bond acceptors (Lipinski definition) is 4. The Hall–Kier alpha value is -2.34. The van der Waals surface area contributed by atoms with Gasteiger partial charge in [0.1, 0.15) is 5.75 Å². The summed E-state index contributed by atoms with van der Waals surface area (Å²) in [6, 6.07) is 11.2. The zero-order chi connectivity index (χ0) is 17.4. The third kappa shape index (κ3) is 5.09. The Balaban J connectivity index is 1.80. The number of thiophene rings is 1. The zero-order valence-electron chi connectivity index (χ0n) is 13.9. The lowest BCUT2D eigenvalue weighted by molar-refractivity contribution is -0.121. The second kappa shape index (κ2) is 9.08. The van der Waals surface area contributed by atoms with Gasteiger partial charge in [-0.2, -0.15) is 0 Å². The summed E-state index contributed by atoms with van der Waals surface area (Å²) in [6.45, 7) is 2.34. The molecule has 0 saturated heterocycles. The van der Waals surface area contributed by atoms with Crippen molar-refractivity contribution in [1.82, 2.24) is 10.6 Å². The van der Waals surface area contributed by atoms with Crippen molar-refractivity contribution in [3.05, 3.63) is 52.2 Å². The SMILES string of the molecule is CC[C@@H](NC(=O)CCNC(=O)c1cccs1)c1ccc(OC)cc1. The topological polar surface area (TPSA) is 67.4 Å². The molecule has 128 valence electrons. The molecule has 0 aliphatic heterocycles. The number of amides is 2. The summed E-state index contributed by atoms with van der Waals surface area (Å²) in [7, 11) is 1.62. The van der Waals surface area contributed by atoms with Crippen LogP contribution in [0.3, 0.4) is 0 Å². The Labute approximate surface area is 146 Å². The Kier molecular flexibility index (Phi) is 6.81. The quantitative estimate of drug-likeness (QED) is 0.771. The van der Waals surface area contributed by atoms with E-state index in [4.69, 9.17) is 4.74 Å². The fourth-order valence-corrected chi connectivity index (χ4v) is 2.95. The second-order valence-electron chi connectivity index (χ2n) is 5.28. The van der Waals surface area contributed by atoms with Crippen molar-refractivity contribution in [2.24, 2.45) is 0 Å². The minimum atomic E-state index is -0.139. The third-order valence-corrected chi connectivity index (χ3v) is 4.51. The number of methoxy groups -OCH3 is 1. The number of rotatable bonds is 8.